The Hall–Kier alpha value is -3.33. The van der Waals surface area contributed by atoms with Crippen LogP contribution in [0, 0.1) is 10.1 Å². The van der Waals surface area contributed by atoms with E-state index in [-0.39, 0.29) is 28.7 Å². The maximum absolute atomic E-state index is 12.3. The van der Waals surface area contributed by atoms with Gasteiger partial charge in [0.15, 0.2) is 0 Å². The highest BCUT2D eigenvalue weighted by molar-refractivity contribution is 8.18. The number of nitro benzene ring substituents is 1. The summed E-state index contributed by atoms with van der Waals surface area (Å²) in [5.41, 5.74) is 1.08. The van der Waals surface area contributed by atoms with Crippen LogP contribution in [0.1, 0.15) is 12.6 Å². The Morgan fingerprint density at radius 3 is 2.70 bits per heavy atom. The number of nitro groups is 1. The summed E-state index contributed by atoms with van der Waals surface area (Å²) >= 11 is 1.12. The second-order valence-corrected chi connectivity index (χ2v) is 6.40. The van der Waals surface area contributed by atoms with Gasteiger partial charge < -0.3 is 14.8 Å². The summed E-state index contributed by atoms with van der Waals surface area (Å²) in [5, 5.41) is 21.5. The zero-order valence-corrected chi connectivity index (χ0v) is 15.0. The van der Waals surface area contributed by atoms with Crippen LogP contribution in [0.4, 0.5) is 11.4 Å². The van der Waals surface area contributed by atoms with Crippen LogP contribution in [0.25, 0.3) is 6.08 Å². The highest BCUT2D eigenvalue weighted by Gasteiger charge is 2.33. The van der Waals surface area contributed by atoms with E-state index < -0.39 is 10.9 Å². The number of hydrogen-bond donors (Lipinski definition) is 2. The molecule has 0 fully saturated rings. The third-order valence-corrected chi connectivity index (χ3v) is 4.59. The van der Waals surface area contributed by atoms with Gasteiger partial charge in [0.1, 0.15) is 16.4 Å². The molecule has 3 rings (SSSR count). The van der Waals surface area contributed by atoms with Crippen molar-refractivity contribution in [1.82, 2.24) is 4.98 Å². The normalized spacial score (nSPS) is 16.9. The second kappa shape index (κ2) is 7.92. The fourth-order valence-electron chi connectivity index (χ4n) is 2.33. The maximum Gasteiger partial charge on any atom is 0.344 e. The van der Waals surface area contributed by atoms with Crippen molar-refractivity contribution in [2.24, 2.45) is 4.99 Å². The molecule has 27 heavy (non-hydrogen) atoms. The first-order chi connectivity index (χ1) is 13.0. The Bertz CT molecular complexity index is 959. The number of aliphatic imine (C=N–C) groups is 1. The van der Waals surface area contributed by atoms with E-state index in [9.17, 15) is 20.0 Å². The number of aromatic amines is 1. The summed E-state index contributed by atoms with van der Waals surface area (Å²) in [6.07, 6.45) is 3.43. The molecule has 0 amide bonds. The number of aliphatic hydroxyl groups excluding tert-OH is 1. The number of rotatable bonds is 5. The fourth-order valence-corrected chi connectivity index (χ4v) is 3.36. The van der Waals surface area contributed by atoms with Crippen molar-refractivity contribution in [2.75, 3.05) is 6.61 Å². The minimum atomic E-state index is -0.682. The Balaban J connectivity index is 2.00. The standard InChI is InChI=1S/C18H15N3O5S/c1-2-26-18(23)15-16(22)14(10-12-4-3-9-19-12)27-17(15)20-11-5-7-13(8-6-11)21(24)25/h3-10,19,22H,2H2,1H3/b14-10-,20-17?. The average molecular weight is 385 g/mol. The van der Waals surface area contributed by atoms with Crippen molar-refractivity contribution in [3.05, 3.63) is 74.6 Å². The number of aliphatic hydroxyl groups is 1. The van der Waals surface area contributed by atoms with Gasteiger partial charge in [0.25, 0.3) is 5.69 Å². The van der Waals surface area contributed by atoms with Crippen molar-refractivity contribution in [1.29, 1.82) is 0 Å². The van der Waals surface area contributed by atoms with Crippen molar-refractivity contribution in [2.45, 2.75) is 6.92 Å². The molecule has 0 aliphatic carbocycles. The Kier molecular flexibility index (Phi) is 5.41. The largest absolute Gasteiger partial charge is 0.506 e. The first kappa shape index (κ1) is 18.5. The molecule has 9 heteroatoms. The molecule has 2 heterocycles. The van der Waals surface area contributed by atoms with Crippen molar-refractivity contribution < 1.29 is 19.6 Å². The zero-order valence-electron chi connectivity index (χ0n) is 14.2. The number of hydrogen-bond acceptors (Lipinski definition) is 7. The predicted molar refractivity (Wildman–Crippen MR) is 103 cm³/mol. The Morgan fingerprint density at radius 1 is 1.37 bits per heavy atom. The molecular weight excluding hydrogens is 370 g/mol. The number of benzene rings is 1. The van der Waals surface area contributed by atoms with E-state index in [4.69, 9.17) is 4.74 Å². The third kappa shape index (κ3) is 4.09. The first-order valence-corrected chi connectivity index (χ1v) is 8.78. The Labute approximate surface area is 158 Å². The first-order valence-electron chi connectivity index (χ1n) is 7.96. The van der Waals surface area contributed by atoms with Crippen molar-refractivity contribution in [3.63, 3.8) is 0 Å². The number of thioether (sulfide) groups is 1. The van der Waals surface area contributed by atoms with Crippen LogP contribution in [-0.4, -0.2) is 32.6 Å². The monoisotopic (exact) mass is 385 g/mol. The third-order valence-electron chi connectivity index (χ3n) is 3.57. The quantitative estimate of drug-likeness (QED) is 0.454. The molecule has 2 N–H and O–H groups in total. The summed E-state index contributed by atoms with van der Waals surface area (Å²) < 4.78 is 5.02. The lowest BCUT2D eigenvalue weighted by Crippen LogP contribution is -2.12. The number of H-pyrrole nitrogens is 1. The molecule has 1 aliphatic heterocycles. The molecule has 0 saturated carbocycles. The van der Waals surface area contributed by atoms with Crippen LogP contribution < -0.4 is 0 Å². The zero-order chi connectivity index (χ0) is 19.4. The molecule has 2 aromatic rings. The molecular formula is C18H15N3O5S. The minimum Gasteiger partial charge on any atom is -0.506 e. The lowest BCUT2D eigenvalue weighted by molar-refractivity contribution is -0.384. The highest BCUT2D eigenvalue weighted by atomic mass is 32.2. The molecule has 0 atom stereocenters. The highest BCUT2D eigenvalue weighted by Crippen LogP contribution is 2.40. The molecule has 0 radical (unpaired) electrons. The number of non-ortho nitro benzene ring substituents is 1. The van der Waals surface area contributed by atoms with E-state index in [0.717, 1.165) is 17.5 Å². The summed E-state index contributed by atoms with van der Waals surface area (Å²) in [6.45, 7) is 1.82. The van der Waals surface area contributed by atoms with Gasteiger partial charge in [0.05, 0.1) is 22.1 Å². The van der Waals surface area contributed by atoms with Crippen LogP contribution in [-0.2, 0) is 9.53 Å². The molecule has 1 aromatic carbocycles. The van der Waals surface area contributed by atoms with E-state index >= 15 is 0 Å². The van der Waals surface area contributed by atoms with E-state index in [1.807, 2.05) is 12.1 Å². The summed E-state index contributed by atoms with van der Waals surface area (Å²) in [7, 11) is 0. The van der Waals surface area contributed by atoms with E-state index in [0.29, 0.717) is 10.6 Å². The molecule has 138 valence electrons. The van der Waals surface area contributed by atoms with Gasteiger partial charge in [0, 0.05) is 24.0 Å². The van der Waals surface area contributed by atoms with Gasteiger partial charge in [-0.1, -0.05) is 11.8 Å². The van der Waals surface area contributed by atoms with Crippen molar-refractivity contribution in [3.8, 4) is 0 Å². The summed E-state index contributed by atoms with van der Waals surface area (Å²) in [5.74, 6) is -0.897. The number of carbonyl (C=O) groups excluding carboxylic acids is 1. The number of nitrogens with one attached hydrogen (secondary N) is 1. The van der Waals surface area contributed by atoms with E-state index in [2.05, 4.69) is 9.98 Å². The van der Waals surface area contributed by atoms with E-state index in [1.165, 1.54) is 24.3 Å². The Morgan fingerprint density at radius 2 is 2.11 bits per heavy atom. The SMILES string of the molecule is CCOC(=O)C1=C(O)/C(=C/c2ccc[nH]2)SC1=Nc1ccc([N+](=O)[O-])cc1. The van der Waals surface area contributed by atoms with Crippen LogP contribution in [0.5, 0.6) is 0 Å². The number of ether oxygens (including phenoxy) is 1. The van der Waals surface area contributed by atoms with Gasteiger partial charge in [-0.3, -0.25) is 10.1 Å². The lowest BCUT2D eigenvalue weighted by atomic mass is 10.2. The fraction of sp³-hybridized carbons (Fsp3) is 0.111. The molecule has 1 aromatic heterocycles. The molecule has 0 unspecified atom stereocenters. The predicted octanol–water partition coefficient (Wildman–Crippen LogP) is 4.12. The second-order valence-electron chi connectivity index (χ2n) is 5.37. The van der Waals surface area contributed by atoms with Crippen LogP contribution >= 0.6 is 11.8 Å². The molecule has 8 nitrogen and oxygen atoms in total. The average Bonchev–Trinajstić information content (AvgIpc) is 3.24. The topological polar surface area (TPSA) is 118 Å². The van der Waals surface area contributed by atoms with Crippen LogP contribution in [0.2, 0.25) is 0 Å². The number of esters is 1. The van der Waals surface area contributed by atoms with Gasteiger partial charge in [0.2, 0.25) is 0 Å². The molecule has 1 aliphatic rings. The van der Waals surface area contributed by atoms with Gasteiger partial charge in [-0.05, 0) is 37.3 Å². The number of carbonyl (C=O) groups is 1. The summed E-state index contributed by atoms with van der Waals surface area (Å²) in [6, 6.07) is 9.21. The van der Waals surface area contributed by atoms with Gasteiger partial charge in [-0.2, -0.15) is 0 Å². The van der Waals surface area contributed by atoms with Crippen LogP contribution in [0.3, 0.4) is 0 Å². The number of aromatic nitrogens is 1. The molecule has 0 spiro atoms. The minimum absolute atomic E-state index is 0.0296. The van der Waals surface area contributed by atoms with Crippen LogP contribution in [0.15, 0.2) is 63.8 Å². The summed E-state index contributed by atoms with van der Waals surface area (Å²) in [4.78, 5) is 30.3. The van der Waals surface area contributed by atoms with E-state index in [1.54, 1.807) is 19.2 Å². The number of nitrogens with zero attached hydrogens (tertiary/aromatic N) is 2. The van der Waals surface area contributed by atoms with Gasteiger partial charge in [-0.15, -0.1) is 0 Å². The molecule has 0 bridgehead atoms. The molecule has 0 saturated heterocycles. The van der Waals surface area contributed by atoms with Crippen molar-refractivity contribution >= 4 is 40.2 Å². The maximum atomic E-state index is 12.3. The van der Waals surface area contributed by atoms with Gasteiger partial charge >= 0.3 is 5.97 Å². The smallest absolute Gasteiger partial charge is 0.344 e. The lowest BCUT2D eigenvalue weighted by Gasteiger charge is -2.03. The van der Waals surface area contributed by atoms with Gasteiger partial charge in [-0.25, -0.2) is 9.79 Å².